The lowest BCUT2D eigenvalue weighted by atomic mass is 9.81. The Balaban J connectivity index is 2.00. The van der Waals surface area contributed by atoms with Crippen LogP contribution in [0.3, 0.4) is 0 Å². The molecule has 1 saturated heterocycles. The molecule has 1 aliphatic heterocycles. The highest BCUT2D eigenvalue weighted by molar-refractivity contribution is 5.95. The Labute approximate surface area is 119 Å². The number of aromatic nitrogens is 1. The monoisotopic (exact) mass is 278 g/mol. The molecule has 110 valence electrons. The molecule has 1 aromatic rings. The van der Waals surface area contributed by atoms with E-state index in [4.69, 9.17) is 4.74 Å². The number of aryl methyl sites for hydroxylation is 1. The van der Waals surface area contributed by atoms with Crippen LogP contribution in [0.4, 0.5) is 0 Å². The highest BCUT2D eigenvalue weighted by Crippen LogP contribution is 2.29. The minimum atomic E-state index is -0.243. The van der Waals surface area contributed by atoms with Crippen molar-refractivity contribution in [1.29, 1.82) is 0 Å². The molecule has 20 heavy (non-hydrogen) atoms. The van der Waals surface area contributed by atoms with Gasteiger partial charge in [0.1, 0.15) is 0 Å². The topological polar surface area (TPSA) is 71.5 Å². The van der Waals surface area contributed by atoms with Crippen molar-refractivity contribution in [3.05, 3.63) is 29.6 Å². The lowest BCUT2D eigenvalue weighted by Crippen LogP contribution is -2.43. The fourth-order valence-electron chi connectivity index (χ4n) is 2.49. The first-order valence-electron chi connectivity index (χ1n) is 7.10. The van der Waals surface area contributed by atoms with Gasteiger partial charge in [0.2, 0.25) is 0 Å². The minimum absolute atomic E-state index is 0.0770. The number of hydrogen-bond acceptors (Lipinski definition) is 4. The zero-order valence-electron chi connectivity index (χ0n) is 11.9. The van der Waals surface area contributed by atoms with Crippen LogP contribution in [-0.4, -0.2) is 42.4 Å². The number of nitrogens with zero attached hydrogens (tertiary/aromatic N) is 1. The summed E-state index contributed by atoms with van der Waals surface area (Å²) in [6, 6.07) is 1.74. The number of hydrogen-bond donors (Lipinski definition) is 2. The van der Waals surface area contributed by atoms with Crippen molar-refractivity contribution in [2.24, 2.45) is 5.41 Å². The zero-order valence-corrected chi connectivity index (χ0v) is 11.9. The zero-order chi connectivity index (χ0) is 14.4. The van der Waals surface area contributed by atoms with Crippen LogP contribution in [0.25, 0.3) is 0 Å². The van der Waals surface area contributed by atoms with Gasteiger partial charge in [-0.1, -0.05) is 6.92 Å². The quantitative estimate of drug-likeness (QED) is 0.848. The van der Waals surface area contributed by atoms with Crippen LogP contribution >= 0.6 is 0 Å². The van der Waals surface area contributed by atoms with E-state index in [1.54, 1.807) is 18.5 Å². The number of carbonyl (C=O) groups excluding carboxylic acids is 1. The Hall–Kier alpha value is -1.46. The normalized spacial score (nSPS) is 17.7. The average molecular weight is 278 g/mol. The van der Waals surface area contributed by atoms with Gasteiger partial charge in [0.05, 0.1) is 6.61 Å². The van der Waals surface area contributed by atoms with Crippen LogP contribution < -0.4 is 5.32 Å². The van der Waals surface area contributed by atoms with Gasteiger partial charge in [-0.3, -0.25) is 9.78 Å². The van der Waals surface area contributed by atoms with Gasteiger partial charge in [0.15, 0.2) is 0 Å². The van der Waals surface area contributed by atoms with Gasteiger partial charge < -0.3 is 15.2 Å². The molecule has 0 unspecified atom stereocenters. The molecular weight excluding hydrogens is 256 g/mol. The molecule has 0 atom stereocenters. The van der Waals surface area contributed by atoms with Gasteiger partial charge in [-0.2, -0.15) is 0 Å². The molecule has 1 aliphatic rings. The molecule has 5 nitrogen and oxygen atoms in total. The average Bonchev–Trinajstić information content (AvgIpc) is 2.53. The maximum absolute atomic E-state index is 12.3. The van der Waals surface area contributed by atoms with E-state index in [0.717, 1.165) is 24.8 Å². The third-order valence-electron chi connectivity index (χ3n) is 4.04. The standard InChI is InChI=1S/C15H22N2O3/c1-2-12-9-16-6-3-13(12)14(19)17-10-15(11-18)4-7-20-8-5-15/h3,6,9,18H,2,4-5,7-8,10-11H2,1H3,(H,17,19). The first-order valence-corrected chi connectivity index (χ1v) is 7.10. The van der Waals surface area contributed by atoms with E-state index in [-0.39, 0.29) is 17.9 Å². The fraction of sp³-hybridized carbons (Fsp3) is 0.600. The predicted octanol–water partition coefficient (Wildman–Crippen LogP) is 1.16. The Bertz CT molecular complexity index is 456. The van der Waals surface area contributed by atoms with E-state index in [0.29, 0.717) is 25.3 Å². The lowest BCUT2D eigenvalue weighted by molar-refractivity contribution is -0.0146. The molecule has 1 fully saturated rings. The van der Waals surface area contributed by atoms with Crippen LogP contribution in [-0.2, 0) is 11.2 Å². The first-order chi connectivity index (χ1) is 9.71. The summed E-state index contributed by atoms with van der Waals surface area (Å²) in [4.78, 5) is 16.3. The third kappa shape index (κ3) is 3.35. The molecule has 5 heteroatoms. The van der Waals surface area contributed by atoms with E-state index in [2.05, 4.69) is 10.3 Å². The van der Waals surface area contributed by atoms with Crippen molar-refractivity contribution in [2.45, 2.75) is 26.2 Å². The van der Waals surface area contributed by atoms with Gasteiger partial charge in [-0.15, -0.1) is 0 Å². The van der Waals surface area contributed by atoms with E-state index < -0.39 is 0 Å². The van der Waals surface area contributed by atoms with Gasteiger partial charge in [0.25, 0.3) is 5.91 Å². The largest absolute Gasteiger partial charge is 0.396 e. The molecule has 0 saturated carbocycles. The second-order valence-corrected chi connectivity index (χ2v) is 5.34. The molecule has 0 radical (unpaired) electrons. The first kappa shape index (κ1) is 14.9. The highest BCUT2D eigenvalue weighted by atomic mass is 16.5. The van der Waals surface area contributed by atoms with Crippen molar-refractivity contribution in [2.75, 3.05) is 26.4 Å². The lowest BCUT2D eigenvalue weighted by Gasteiger charge is -2.35. The van der Waals surface area contributed by atoms with Gasteiger partial charge in [-0.25, -0.2) is 0 Å². The summed E-state index contributed by atoms with van der Waals surface area (Å²) in [6.07, 6.45) is 5.69. The van der Waals surface area contributed by atoms with E-state index in [9.17, 15) is 9.90 Å². The van der Waals surface area contributed by atoms with Crippen molar-refractivity contribution >= 4 is 5.91 Å². The molecule has 1 amide bonds. The number of ether oxygens (including phenoxy) is 1. The number of aliphatic hydroxyl groups is 1. The molecule has 2 rings (SSSR count). The Morgan fingerprint density at radius 3 is 2.90 bits per heavy atom. The minimum Gasteiger partial charge on any atom is -0.396 e. The summed E-state index contributed by atoms with van der Waals surface area (Å²) >= 11 is 0. The summed E-state index contributed by atoms with van der Waals surface area (Å²) in [5, 5.41) is 12.6. The number of aliphatic hydroxyl groups excluding tert-OH is 1. The summed E-state index contributed by atoms with van der Waals surface area (Å²) in [6.45, 7) is 3.85. The van der Waals surface area contributed by atoms with E-state index in [1.165, 1.54) is 0 Å². The summed E-state index contributed by atoms with van der Waals surface area (Å²) in [5.41, 5.74) is 1.37. The number of pyridine rings is 1. The van der Waals surface area contributed by atoms with Crippen molar-refractivity contribution in [3.63, 3.8) is 0 Å². The van der Waals surface area contributed by atoms with Crippen LogP contribution in [0.1, 0.15) is 35.7 Å². The Kier molecular flexibility index (Phi) is 5.09. The SMILES string of the molecule is CCc1cnccc1C(=O)NCC1(CO)CCOCC1. The van der Waals surface area contributed by atoms with Crippen LogP contribution in [0.15, 0.2) is 18.5 Å². The highest BCUT2D eigenvalue weighted by Gasteiger charge is 2.32. The molecule has 0 spiro atoms. The molecule has 1 aromatic heterocycles. The Morgan fingerprint density at radius 1 is 1.50 bits per heavy atom. The number of amides is 1. The van der Waals surface area contributed by atoms with Crippen LogP contribution in [0, 0.1) is 5.41 Å². The maximum atomic E-state index is 12.3. The van der Waals surface area contributed by atoms with Crippen molar-refractivity contribution in [3.8, 4) is 0 Å². The number of carbonyl (C=O) groups is 1. The second-order valence-electron chi connectivity index (χ2n) is 5.34. The van der Waals surface area contributed by atoms with E-state index >= 15 is 0 Å². The molecule has 0 aromatic carbocycles. The predicted molar refractivity (Wildman–Crippen MR) is 75.5 cm³/mol. The fourth-order valence-corrected chi connectivity index (χ4v) is 2.49. The van der Waals surface area contributed by atoms with E-state index in [1.807, 2.05) is 6.92 Å². The molecule has 0 bridgehead atoms. The van der Waals surface area contributed by atoms with Crippen molar-refractivity contribution < 1.29 is 14.6 Å². The summed E-state index contributed by atoms with van der Waals surface area (Å²) in [5.74, 6) is -0.0939. The molecular formula is C15H22N2O3. The second kappa shape index (κ2) is 6.81. The smallest absolute Gasteiger partial charge is 0.251 e. The number of nitrogens with one attached hydrogen (secondary N) is 1. The molecule has 2 heterocycles. The summed E-state index contributed by atoms with van der Waals surface area (Å²) in [7, 11) is 0. The molecule has 0 aliphatic carbocycles. The summed E-state index contributed by atoms with van der Waals surface area (Å²) < 4.78 is 5.32. The third-order valence-corrected chi connectivity index (χ3v) is 4.04. The van der Waals surface area contributed by atoms with Gasteiger partial charge in [0, 0.05) is 43.1 Å². The maximum Gasteiger partial charge on any atom is 0.251 e. The van der Waals surface area contributed by atoms with Gasteiger partial charge >= 0.3 is 0 Å². The number of rotatable bonds is 5. The molecule has 2 N–H and O–H groups in total. The van der Waals surface area contributed by atoms with Gasteiger partial charge in [-0.05, 0) is 30.9 Å². The van der Waals surface area contributed by atoms with Crippen LogP contribution in [0.5, 0.6) is 0 Å². The Morgan fingerprint density at radius 2 is 2.25 bits per heavy atom. The van der Waals surface area contributed by atoms with Crippen LogP contribution in [0.2, 0.25) is 0 Å². The van der Waals surface area contributed by atoms with Crippen molar-refractivity contribution in [1.82, 2.24) is 10.3 Å².